The Balaban J connectivity index is 1.44. The molecule has 6 nitrogen and oxygen atoms in total. The molecule has 0 spiro atoms. The van der Waals surface area contributed by atoms with Crippen molar-refractivity contribution in [1.29, 1.82) is 0 Å². The minimum absolute atomic E-state index is 0.226. The van der Waals surface area contributed by atoms with Gasteiger partial charge in [0.1, 0.15) is 0 Å². The summed E-state index contributed by atoms with van der Waals surface area (Å²) in [6.07, 6.45) is 6.99. The second-order valence-corrected chi connectivity index (χ2v) is 6.31. The lowest BCUT2D eigenvalue weighted by Crippen LogP contribution is -2.47. The maximum absolute atomic E-state index is 5.98. The Bertz CT molecular complexity index is 487. The van der Waals surface area contributed by atoms with E-state index < -0.39 is 0 Å². The highest BCUT2D eigenvalue weighted by atomic mass is 16.5. The summed E-state index contributed by atoms with van der Waals surface area (Å²) >= 11 is 0. The summed E-state index contributed by atoms with van der Waals surface area (Å²) in [5.74, 6) is 0.881. The van der Waals surface area contributed by atoms with Gasteiger partial charge in [-0.3, -0.25) is 9.89 Å². The summed E-state index contributed by atoms with van der Waals surface area (Å²) in [7, 11) is 0. The van der Waals surface area contributed by atoms with Gasteiger partial charge in [0.15, 0.2) is 5.96 Å². The van der Waals surface area contributed by atoms with Crippen molar-refractivity contribution in [2.75, 3.05) is 39.3 Å². The van der Waals surface area contributed by atoms with Crippen molar-refractivity contribution in [2.45, 2.75) is 38.5 Å². The van der Waals surface area contributed by atoms with Crippen LogP contribution in [0.3, 0.4) is 0 Å². The van der Waals surface area contributed by atoms with E-state index in [4.69, 9.17) is 9.73 Å². The van der Waals surface area contributed by atoms with Crippen LogP contribution in [-0.2, 0) is 11.3 Å². The highest BCUT2D eigenvalue weighted by molar-refractivity contribution is 5.79. The lowest BCUT2D eigenvalue weighted by molar-refractivity contribution is -0.0432. The molecule has 2 atom stereocenters. The van der Waals surface area contributed by atoms with Gasteiger partial charge in [0.25, 0.3) is 0 Å². The van der Waals surface area contributed by atoms with Crippen LogP contribution in [0.2, 0.25) is 0 Å². The molecule has 0 saturated carbocycles. The van der Waals surface area contributed by atoms with Gasteiger partial charge in [-0.15, -0.1) is 0 Å². The summed E-state index contributed by atoms with van der Waals surface area (Å²) in [4.78, 5) is 7.27. The molecule has 0 aromatic carbocycles. The van der Waals surface area contributed by atoms with Crippen LogP contribution in [-0.4, -0.2) is 66.9 Å². The standard InChI is InChI=1S/C17H29N5O/c1-2-18-17(19-7-11-21-8-3-4-9-21)20-12-16-13-22-10-5-6-15(22)14-23-16/h3-4,8-9,15-16H,2,5-7,10-14H2,1H3,(H2,18,19,20). The van der Waals surface area contributed by atoms with E-state index in [0.29, 0.717) is 6.04 Å². The lowest BCUT2D eigenvalue weighted by atomic mass is 10.2. The van der Waals surface area contributed by atoms with Gasteiger partial charge in [-0.25, -0.2) is 0 Å². The average Bonchev–Trinajstić information content (AvgIpc) is 3.23. The molecule has 2 aliphatic heterocycles. The SMILES string of the molecule is CCNC(=NCC1CN2CCCC2CO1)NCCn1cccc1. The van der Waals surface area contributed by atoms with Crippen molar-refractivity contribution in [1.82, 2.24) is 20.1 Å². The summed E-state index contributed by atoms with van der Waals surface area (Å²) in [5, 5.41) is 6.70. The summed E-state index contributed by atoms with van der Waals surface area (Å²) in [5.41, 5.74) is 0. The molecule has 2 unspecified atom stereocenters. The molecule has 23 heavy (non-hydrogen) atoms. The first kappa shape index (κ1) is 16.3. The second-order valence-electron chi connectivity index (χ2n) is 6.31. The predicted octanol–water partition coefficient (Wildman–Crippen LogP) is 0.906. The highest BCUT2D eigenvalue weighted by Gasteiger charge is 2.31. The summed E-state index contributed by atoms with van der Waals surface area (Å²) in [6.45, 7) is 8.61. The second kappa shape index (κ2) is 8.36. The van der Waals surface area contributed by atoms with Crippen LogP contribution >= 0.6 is 0 Å². The third kappa shape index (κ3) is 4.72. The van der Waals surface area contributed by atoms with Crippen LogP contribution in [0.1, 0.15) is 19.8 Å². The van der Waals surface area contributed by atoms with Crippen molar-refractivity contribution in [3.05, 3.63) is 24.5 Å². The Kier molecular flexibility index (Phi) is 5.93. The van der Waals surface area contributed by atoms with Crippen LogP contribution in [0.4, 0.5) is 0 Å². The highest BCUT2D eigenvalue weighted by Crippen LogP contribution is 2.22. The lowest BCUT2D eigenvalue weighted by Gasteiger charge is -2.34. The molecule has 2 saturated heterocycles. The first-order valence-corrected chi connectivity index (χ1v) is 8.83. The number of nitrogens with one attached hydrogen (secondary N) is 2. The number of morpholine rings is 1. The van der Waals surface area contributed by atoms with Crippen LogP contribution in [0.15, 0.2) is 29.5 Å². The molecule has 0 bridgehead atoms. The van der Waals surface area contributed by atoms with Gasteiger partial charge in [0, 0.05) is 44.6 Å². The third-order valence-corrected chi connectivity index (χ3v) is 4.59. The number of hydrogen-bond acceptors (Lipinski definition) is 3. The zero-order valence-corrected chi connectivity index (χ0v) is 14.1. The van der Waals surface area contributed by atoms with E-state index in [-0.39, 0.29) is 6.10 Å². The number of aliphatic imine (C=N–C) groups is 1. The topological polar surface area (TPSA) is 53.8 Å². The van der Waals surface area contributed by atoms with E-state index in [0.717, 1.165) is 45.3 Å². The van der Waals surface area contributed by atoms with E-state index in [1.165, 1.54) is 19.4 Å². The van der Waals surface area contributed by atoms with Crippen molar-refractivity contribution >= 4 is 5.96 Å². The molecule has 3 rings (SSSR count). The molecular formula is C17H29N5O. The van der Waals surface area contributed by atoms with Gasteiger partial charge < -0.3 is 19.9 Å². The molecule has 0 aliphatic carbocycles. The van der Waals surface area contributed by atoms with Gasteiger partial charge in [-0.05, 0) is 38.4 Å². The number of aromatic nitrogens is 1. The molecule has 2 fully saturated rings. The number of hydrogen-bond donors (Lipinski definition) is 2. The Morgan fingerprint density at radius 1 is 1.30 bits per heavy atom. The van der Waals surface area contributed by atoms with E-state index in [1.807, 2.05) is 12.1 Å². The molecule has 6 heteroatoms. The van der Waals surface area contributed by atoms with Crippen molar-refractivity contribution in [2.24, 2.45) is 4.99 Å². The van der Waals surface area contributed by atoms with E-state index in [1.54, 1.807) is 0 Å². The average molecular weight is 319 g/mol. The van der Waals surface area contributed by atoms with E-state index >= 15 is 0 Å². The largest absolute Gasteiger partial charge is 0.373 e. The smallest absolute Gasteiger partial charge is 0.191 e. The maximum atomic E-state index is 5.98. The number of rotatable bonds is 6. The first-order valence-electron chi connectivity index (χ1n) is 8.83. The number of nitrogens with zero attached hydrogens (tertiary/aromatic N) is 3. The Morgan fingerprint density at radius 3 is 3.00 bits per heavy atom. The minimum atomic E-state index is 0.226. The van der Waals surface area contributed by atoms with Gasteiger partial charge in [0.2, 0.25) is 0 Å². The molecule has 2 N–H and O–H groups in total. The quantitative estimate of drug-likeness (QED) is 0.604. The van der Waals surface area contributed by atoms with Crippen molar-refractivity contribution in [3.63, 3.8) is 0 Å². The van der Waals surface area contributed by atoms with Crippen LogP contribution in [0.5, 0.6) is 0 Å². The minimum Gasteiger partial charge on any atom is -0.373 e. The molecule has 0 radical (unpaired) electrons. The Hall–Kier alpha value is -1.53. The number of guanidine groups is 1. The van der Waals surface area contributed by atoms with E-state index in [2.05, 4.69) is 39.4 Å². The number of fused-ring (bicyclic) bond motifs is 1. The van der Waals surface area contributed by atoms with Crippen LogP contribution < -0.4 is 10.6 Å². The molecule has 1 aromatic heterocycles. The molecule has 2 aliphatic rings. The predicted molar refractivity (Wildman–Crippen MR) is 92.7 cm³/mol. The maximum Gasteiger partial charge on any atom is 0.191 e. The van der Waals surface area contributed by atoms with Crippen molar-refractivity contribution < 1.29 is 4.74 Å². The molecule has 0 amide bonds. The summed E-state index contributed by atoms with van der Waals surface area (Å²) in [6, 6.07) is 4.75. The zero-order valence-electron chi connectivity index (χ0n) is 14.1. The fourth-order valence-electron chi connectivity index (χ4n) is 3.35. The Labute approximate surface area is 138 Å². The third-order valence-electron chi connectivity index (χ3n) is 4.59. The van der Waals surface area contributed by atoms with Crippen LogP contribution in [0.25, 0.3) is 0 Å². The molecular weight excluding hydrogens is 290 g/mol. The van der Waals surface area contributed by atoms with Gasteiger partial charge in [-0.1, -0.05) is 0 Å². The van der Waals surface area contributed by atoms with Crippen molar-refractivity contribution in [3.8, 4) is 0 Å². The number of ether oxygens (including phenoxy) is 1. The fraction of sp³-hybridized carbons (Fsp3) is 0.706. The van der Waals surface area contributed by atoms with Gasteiger partial charge in [0.05, 0.1) is 19.3 Å². The normalized spacial score (nSPS) is 25.3. The van der Waals surface area contributed by atoms with Crippen LogP contribution in [0, 0.1) is 0 Å². The molecule has 3 heterocycles. The monoisotopic (exact) mass is 319 g/mol. The molecule has 1 aromatic rings. The zero-order chi connectivity index (χ0) is 15.9. The summed E-state index contributed by atoms with van der Waals surface area (Å²) < 4.78 is 8.14. The fourth-order valence-corrected chi connectivity index (χ4v) is 3.35. The van der Waals surface area contributed by atoms with E-state index in [9.17, 15) is 0 Å². The Morgan fingerprint density at radius 2 is 2.17 bits per heavy atom. The molecule has 128 valence electrons. The van der Waals surface area contributed by atoms with Gasteiger partial charge in [-0.2, -0.15) is 0 Å². The first-order chi connectivity index (χ1) is 11.3. The van der Waals surface area contributed by atoms with Gasteiger partial charge >= 0.3 is 0 Å².